The van der Waals surface area contributed by atoms with Crippen molar-refractivity contribution in [3.8, 4) is 5.75 Å². The Balaban J connectivity index is 1.51. The molecule has 2 atom stereocenters. The topological polar surface area (TPSA) is 79.8 Å². The first kappa shape index (κ1) is 27.6. The number of ether oxygens (including phenoxy) is 1. The Morgan fingerprint density at radius 3 is 2.24 bits per heavy atom. The second-order valence-corrected chi connectivity index (χ2v) is 9.45. The number of hydrogen-bond acceptors (Lipinski definition) is 4. The third kappa shape index (κ3) is 6.91. The number of nitrogens with zero attached hydrogens (tertiary/aromatic N) is 1. The van der Waals surface area contributed by atoms with Crippen molar-refractivity contribution in [3.05, 3.63) is 65.2 Å². The molecule has 1 unspecified atom stereocenters. The third-order valence-corrected chi connectivity index (χ3v) is 6.66. The number of alkyl halides is 6. The number of aliphatic imine (C=N–C) groups is 1. The summed E-state index contributed by atoms with van der Waals surface area (Å²) in [5.74, 6) is -1.53. The van der Waals surface area contributed by atoms with Gasteiger partial charge in [-0.1, -0.05) is 24.3 Å². The molecule has 0 bridgehead atoms. The first-order valence-corrected chi connectivity index (χ1v) is 12.0. The number of carbonyl (C=O) groups is 2. The highest BCUT2D eigenvalue weighted by Crippen LogP contribution is 2.49. The van der Waals surface area contributed by atoms with Gasteiger partial charge < -0.3 is 15.4 Å². The van der Waals surface area contributed by atoms with Crippen molar-refractivity contribution < 1.29 is 40.7 Å². The van der Waals surface area contributed by atoms with Gasteiger partial charge in [0.05, 0.1) is 11.0 Å². The highest BCUT2D eigenvalue weighted by Gasteiger charge is 2.52. The average Bonchev–Trinajstić information content (AvgIpc) is 3.49. The van der Waals surface area contributed by atoms with Crippen molar-refractivity contribution in [2.75, 3.05) is 13.1 Å². The molecule has 1 saturated heterocycles. The number of nitrogens with one attached hydrogen (secondary N) is 2. The molecule has 1 aliphatic heterocycles. The lowest BCUT2D eigenvalue weighted by Gasteiger charge is -2.21. The van der Waals surface area contributed by atoms with Crippen LogP contribution in [0.5, 0.6) is 5.75 Å². The van der Waals surface area contributed by atoms with Crippen LogP contribution in [0, 0.1) is 5.92 Å². The van der Waals surface area contributed by atoms with Gasteiger partial charge in [-0.05, 0) is 61.2 Å². The summed E-state index contributed by atoms with van der Waals surface area (Å²) < 4.78 is 80.1. The van der Waals surface area contributed by atoms with Crippen LogP contribution in [-0.4, -0.2) is 43.5 Å². The van der Waals surface area contributed by atoms with E-state index < -0.39 is 47.1 Å². The minimum absolute atomic E-state index is 0.0496. The Hall–Kier alpha value is -3.41. The fourth-order valence-corrected chi connectivity index (χ4v) is 4.38. The van der Waals surface area contributed by atoms with Crippen LogP contribution in [0.3, 0.4) is 0 Å². The molecule has 1 saturated carbocycles. The van der Waals surface area contributed by atoms with E-state index >= 15 is 0 Å². The summed E-state index contributed by atoms with van der Waals surface area (Å²) in [6.45, 7) is 1.44. The molecular weight excluding hydrogens is 516 g/mol. The normalized spacial score (nSPS) is 19.8. The van der Waals surface area contributed by atoms with Crippen molar-refractivity contribution in [2.24, 2.45) is 10.9 Å². The number of rotatable bonds is 8. The summed E-state index contributed by atoms with van der Waals surface area (Å²) in [6.07, 6.45) is -6.31. The fourth-order valence-electron chi connectivity index (χ4n) is 4.38. The lowest BCUT2D eigenvalue weighted by molar-refractivity contribution is -0.274. The van der Waals surface area contributed by atoms with Crippen LogP contribution < -0.4 is 15.4 Å². The second kappa shape index (κ2) is 10.8. The zero-order valence-corrected chi connectivity index (χ0v) is 20.0. The van der Waals surface area contributed by atoms with Crippen molar-refractivity contribution in [3.63, 3.8) is 0 Å². The fraction of sp³-hybridized carbons (Fsp3) is 0.423. The summed E-state index contributed by atoms with van der Waals surface area (Å²) in [4.78, 5) is 30.3. The molecule has 4 rings (SSSR count). The monoisotopic (exact) mass is 541 g/mol. The number of hydrogen-bond donors (Lipinski definition) is 2. The van der Waals surface area contributed by atoms with Crippen LogP contribution in [0.2, 0.25) is 0 Å². The molecule has 204 valence electrons. The SMILES string of the molecule is O=C(N=CC1CCNC1)[C@H](Cc1ccc(C(F)(F)F)cc1)NC(=O)C1(c2ccc(OC(F)(F)F)cc2)CC1. The van der Waals surface area contributed by atoms with Gasteiger partial charge in [-0.2, -0.15) is 13.2 Å². The number of amides is 2. The second-order valence-electron chi connectivity index (χ2n) is 9.45. The van der Waals surface area contributed by atoms with Gasteiger partial charge in [-0.25, -0.2) is 4.99 Å². The Morgan fingerprint density at radius 2 is 1.71 bits per heavy atom. The first-order chi connectivity index (χ1) is 17.9. The van der Waals surface area contributed by atoms with E-state index in [-0.39, 0.29) is 12.3 Å². The maximum Gasteiger partial charge on any atom is 0.573 e. The predicted octanol–water partition coefficient (Wildman–Crippen LogP) is 4.57. The minimum atomic E-state index is -4.85. The third-order valence-electron chi connectivity index (χ3n) is 6.66. The molecule has 0 radical (unpaired) electrons. The standard InChI is InChI=1S/C26H25F6N3O3/c27-25(28,29)19-3-1-16(2-4-19)13-21(22(36)34-15-17-9-12-33-14-17)35-23(37)24(10-11-24)18-5-7-20(8-6-18)38-26(30,31)32/h1-8,15,17,21,33H,9-14H2,(H,35,37)/t17?,21-/m0/s1. The molecule has 0 spiro atoms. The lowest BCUT2D eigenvalue weighted by Crippen LogP contribution is -2.46. The van der Waals surface area contributed by atoms with E-state index in [1.807, 2.05) is 0 Å². The van der Waals surface area contributed by atoms with Gasteiger partial charge in [0.1, 0.15) is 11.8 Å². The molecule has 38 heavy (non-hydrogen) atoms. The van der Waals surface area contributed by atoms with Crippen molar-refractivity contribution in [2.45, 2.75) is 49.7 Å². The Labute approximate surface area is 214 Å². The summed E-state index contributed by atoms with van der Waals surface area (Å²) in [6, 6.07) is 8.10. The molecular formula is C26H25F6N3O3. The van der Waals surface area contributed by atoms with Crippen molar-refractivity contribution in [1.82, 2.24) is 10.6 Å². The Bertz CT molecular complexity index is 1170. The first-order valence-electron chi connectivity index (χ1n) is 12.0. The van der Waals surface area contributed by atoms with Crippen LogP contribution in [0.4, 0.5) is 26.3 Å². The largest absolute Gasteiger partial charge is 0.573 e. The maximum absolute atomic E-state index is 13.3. The summed E-state index contributed by atoms with van der Waals surface area (Å²) >= 11 is 0. The highest BCUT2D eigenvalue weighted by molar-refractivity contribution is 5.97. The van der Waals surface area contributed by atoms with Crippen LogP contribution in [0.15, 0.2) is 53.5 Å². The van der Waals surface area contributed by atoms with E-state index in [0.29, 0.717) is 30.5 Å². The summed E-state index contributed by atoms with van der Waals surface area (Å²) in [7, 11) is 0. The van der Waals surface area contributed by atoms with E-state index in [1.165, 1.54) is 30.5 Å². The molecule has 2 amide bonds. The molecule has 12 heteroatoms. The quantitative estimate of drug-likeness (QED) is 0.379. The van der Waals surface area contributed by atoms with Gasteiger partial charge in [0, 0.05) is 25.1 Å². The molecule has 1 aliphatic carbocycles. The van der Waals surface area contributed by atoms with Crippen molar-refractivity contribution in [1.29, 1.82) is 0 Å². The van der Waals surface area contributed by atoms with Gasteiger partial charge in [0.2, 0.25) is 5.91 Å². The van der Waals surface area contributed by atoms with Crippen molar-refractivity contribution >= 4 is 18.0 Å². The van der Waals surface area contributed by atoms with Crippen LogP contribution in [0.25, 0.3) is 0 Å². The van der Waals surface area contributed by atoms with Gasteiger partial charge in [0.25, 0.3) is 5.91 Å². The van der Waals surface area contributed by atoms with E-state index in [2.05, 4.69) is 20.4 Å². The van der Waals surface area contributed by atoms with Gasteiger partial charge in [0.15, 0.2) is 0 Å². The molecule has 1 heterocycles. The Morgan fingerprint density at radius 1 is 1.05 bits per heavy atom. The zero-order valence-electron chi connectivity index (χ0n) is 20.0. The van der Waals surface area contributed by atoms with E-state index in [9.17, 15) is 35.9 Å². The van der Waals surface area contributed by atoms with Gasteiger partial charge >= 0.3 is 12.5 Å². The molecule has 2 aromatic carbocycles. The van der Waals surface area contributed by atoms with Gasteiger partial charge in [-0.3, -0.25) is 9.59 Å². The molecule has 0 aromatic heterocycles. The predicted molar refractivity (Wildman–Crippen MR) is 126 cm³/mol. The smallest absolute Gasteiger partial charge is 0.406 e. The molecule has 2 aliphatic rings. The average molecular weight is 541 g/mol. The minimum Gasteiger partial charge on any atom is -0.406 e. The molecule has 2 aromatic rings. The summed E-state index contributed by atoms with van der Waals surface area (Å²) in [5.41, 5.74) is -1.01. The van der Waals surface area contributed by atoms with E-state index in [0.717, 1.165) is 37.2 Å². The van der Waals surface area contributed by atoms with Crippen LogP contribution >= 0.6 is 0 Å². The maximum atomic E-state index is 13.3. The van der Waals surface area contributed by atoms with Crippen LogP contribution in [-0.2, 0) is 27.6 Å². The number of carbonyl (C=O) groups excluding carboxylic acids is 2. The number of benzene rings is 2. The van der Waals surface area contributed by atoms with E-state index in [4.69, 9.17) is 0 Å². The zero-order chi connectivity index (χ0) is 27.6. The lowest BCUT2D eigenvalue weighted by atomic mass is 9.94. The molecule has 2 N–H and O–H groups in total. The van der Waals surface area contributed by atoms with E-state index in [1.54, 1.807) is 0 Å². The van der Waals surface area contributed by atoms with Gasteiger partial charge in [-0.15, -0.1) is 13.2 Å². The number of halogens is 6. The highest BCUT2D eigenvalue weighted by atomic mass is 19.4. The Kier molecular flexibility index (Phi) is 7.82. The summed E-state index contributed by atoms with van der Waals surface area (Å²) in [5, 5.41) is 5.83. The molecule has 6 nitrogen and oxygen atoms in total. The van der Waals surface area contributed by atoms with Crippen LogP contribution in [0.1, 0.15) is 36.0 Å². The molecule has 2 fully saturated rings.